The lowest BCUT2D eigenvalue weighted by molar-refractivity contribution is -0.135. The van der Waals surface area contributed by atoms with Gasteiger partial charge >= 0.3 is 0 Å². The van der Waals surface area contributed by atoms with Gasteiger partial charge in [0.2, 0.25) is 11.8 Å². The van der Waals surface area contributed by atoms with Crippen LogP contribution in [-0.4, -0.2) is 42.5 Å². The van der Waals surface area contributed by atoms with Crippen LogP contribution in [0.2, 0.25) is 0 Å². The van der Waals surface area contributed by atoms with Gasteiger partial charge in [-0.2, -0.15) is 0 Å². The Balaban J connectivity index is 2.10. The number of nitrogens with two attached hydrogens (primary N) is 1. The van der Waals surface area contributed by atoms with E-state index in [0.29, 0.717) is 6.54 Å². The number of amides is 2. The molecule has 1 aliphatic heterocycles. The predicted molar refractivity (Wildman–Crippen MR) is 92.6 cm³/mol. The quantitative estimate of drug-likeness (QED) is 0.857. The summed E-state index contributed by atoms with van der Waals surface area (Å²) < 4.78 is 5.16. The highest BCUT2D eigenvalue weighted by Crippen LogP contribution is 2.24. The van der Waals surface area contributed by atoms with Crippen LogP contribution in [0.1, 0.15) is 44.7 Å². The number of likely N-dealkylation sites (tertiary alicyclic amines) is 1. The molecule has 1 fully saturated rings. The van der Waals surface area contributed by atoms with Crippen molar-refractivity contribution in [2.24, 2.45) is 5.73 Å². The average Bonchev–Trinajstić information content (AvgIpc) is 2.53. The highest BCUT2D eigenvalue weighted by Gasteiger charge is 2.29. The molecule has 132 valence electrons. The maximum absolute atomic E-state index is 12.7. The fourth-order valence-corrected chi connectivity index (χ4v) is 3.20. The largest absolute Gasteiger partial charge is 0.497 e. The molecule has 0 aliphatic carbocycles. The third-order valence-corrected chi connectivity index (χ3v) is 4.51. The SMILES string of the molecule is COc1ccc([C@H](CC(=O)N2CC[C@H](N)C[C@H]2C)NC(C)=O)cc1. The first-order chi connectivity index (χ1) is 11.4. The average molecular weight is 333 g/mol. The van der Waals surface area contributed by atoms with E-state index in [2.05, 4.69) is 5.32 Å². The number of nitrogens with zero attached hydrogens (tertiary/aromatic N) is 1. The van der Waals surface area contributed by atoms with Crippen molar-refractivity contribution in [3.05, 3.63) is 29.8 Å². The molecule has 0 spiro atoms. The fraction of sp³-hybridized carbons (Fsp3) is 0.556. The normalized spacial score (nSPS) is 21.9. The van der Waals surface area contributed by atoms with E-state index in [1.165, 1.54) is 6.92 Å². The van der Waals surface area contributed by atoms with Crippen molar-refractivity contribution in [2.75, 3.05) is 13.7 Å². The Morgan fingerprint density at radius 1 is 1.38 bits per heavy atom. The summed E-state index contributed by atoms with van der Waals surface area (Å²) in [7, 11) is 1.60. The van der Waals surface area contributed by atoms with E-state index in [9.17, 15) is 9.59 Å². The van der Waals surface area contributed by atoms with E-state index < -0.39 is 0 Å². The molecule has 1 saturated heterocycles. The summed E-state index contributed by atoms with van der Waals surface area (Å²) in [6, 6.07) is 7.37. The molecule has 0 saturated carbocycles. The Bertz CT molecular complexity index is 573. The summed E-state index contributed by atoms with van der Waals surface area (Å²) in [4.78, 5) is 26.1. The van der Waals surface area contributed by atoms with Crippen molar-refractivity contribution in [3.63, 3.8) is 0 Å². The van der Waals surface area contributed by atoms with Gasteiger partial charge in [-0.25, -0.2) is 0 Å². The first kappa shape index (κ1) is 18.3. The number of methoxy groups -OCH3 is 1. The zero-order valence-corrected chi connectivity index (χ0v) is 14.6. The van der Waals surface area contributed by atoms with Gasteiger partial charge < -0.3 is 20.7 Å². The molecule has 24 heavy (non-hydrogen) atoms. The number of hydrogen-bond acceptors (Lipinski definition) is 4. The lowest BCUT2D eigenvalue weighted by Crippen LogP contribution is -2.49. The van der Waals surface area contributed by atoms with Gasteiger partial charge in [0.05, 0.1) is 19.6 Å². The standard InChI is InChI=1S/C18H27N3O3/c1-12-10-15(19)8-9-21(12)18(23)11-17(20-13(2)22)14-4-6-16(24-3)7-5-14/h4-7,12,15,17H,8-11,19H2,1-3H3,(H,20,22)/t12-,15+,17+/m1/s1. The first-order valence-corrected chi connectivity index (χ1v) is 8.36. The lowest BCUT2D eigenvalue weighted by Gasteiger charge is -2.37. The summed E-state index contributed by atoms with van der Waals surface area (Å²) in [5, 5.41) is 2.88. The number of carbonyl (C=O) groups excluding carboxylic acids is 2. The van der Waals surface area contributed by atoms with Crippen LogP contribution in [0.3, 0.4) is 0 Å². The number of carbonyl (C=O) groups is 2. The molecule has 3 atom stereocenters. The van der Waals surface area contributed by atoms with E-state index in [0.717, 1.165) is 24.2 Å². The molecule has 1 aromatic rings. The van der Waals surface area contributed by atoms with Gasteiger partial charge in [0.15, 0.2) is 0 Å². The minimum absolute atomic E-state index is 0.0453. The fourth-order valence-electron chi connectivity index (χ4n) is 3.20. The highest BCUT2D eigenvalue weighted by atomic mass is 16.5. The van der Waals surface area contributed by atoms with Crippen LogP contribution in [0.15, 0.2) is 24.3 Å². The van der Waals surface area contributed by atoms with Gasteiger partial charge in [-0.05, 0) is 37.5 Å². The number of ether oxygens (including phenoxy) is 1. The molecule has 6 nitrogen and oxygen atoms in total. The molecule has 2 rings (SSSR count). The molecule has 0 unspecified atom stereocenters. The van der Waals surface area contributed by atoms with E-state index in [1.54, 1.807) is 7.11 Å². The van der Waals surface area contributed by atoms with Gasteiger partial charge in [-0.1, -0.05) is 12.1 Å². The van der Waals surface area contributed by atoms with Crippen LogP contribution < -0.4 is 15.8 Å². The number of piperidine rings is 1. The van der Waals surface area contributed by atoms with Gasteiger partial charge in [0, 0.05) is 25.6 Å². The minimum Gasteiger partial charge on any atom is -0.497 e. The van der Waals surface area contributed by atoms with Gasteiger partial charge in [0.25, 0.3) is 0 Å². The Kier molecular flexibility index (Phi) is 6.20. The summed E-state index contributed by atoms with van der Waals surface area (Å²) >= 11 is 0. The summed E-state index contributed by atoms with van der Waals surface area (Å²) in [5.41, 5.74) is 6.86. The van der Waals surface area contributed by atoms with Crippen LogP contribution >= 0.6 is 0 Å². The van der Waals surface area contributed by atoms with Crippen LogP contribution in [0.4, 0.5) is 0 Å². The molecule has 0 bridgehead atoms. The zero-order chi connectivity index (χ0) is 17.7. The van der Waals surface area contributed by atoms with Crippen LogP contribution in [0.25, 0.3) is 0 Å². The van der Waals surface area contributed by atoms with E-state index in [-0.39, 0.29) is 36.4 Å². The van der Waals surface area contributed by atoms with Crippen molar-refractivity contribution in [1.82, 2.24) is 10.2 Å². The number of rotatable bonds is 5. The smallest absolute Gasteiger partial charge is 0.225 e. The number of hydrogen-bond donors (Lipinski definition) is 2. The Morgan fingerprint density at radius 2 is 2.04 bits per heavy atom. The second-order valence-electron chi connectivity index (χ2n) is 6.45. The van der Waals surface area contributed by atoms with E-state index in [1.807, 2.05) is 36.1 Å². The third-order valence-electron chi connectivity index (χ3n) is 4.51. The summed E-state index contributed by atoms with van der Waals surface area (Å²) in [5.74, 6) is 0.631. The van der Waals surface area contributed by atoms with Gasteiger partial charge in [-0.3, -0.25) is 9.59 Å². The topological polar surface area (TPSA) is 84.7 Å². The van der Waals surface area contributed by atoms with Crippen molar-refractivity contribution < 1.29 is 14.3 Å². The van der Waals surface area contributed by atoms with Gasteiger partial charge in [-0.15, -0.1) is 0 Å². The first-order valence-electron chi connectivity index (χ1n) is 8.36. The second kappa shape index (κ2) is 8.15. The molecule has 2 amide bonds. The second-order valence-corrected chi connectivity index (χ2v) is 6.45. The molecular formula is C18H27N3O3. The van der Waals surface area contributed by atoms with Crippen LogP contribution in [0, 0.1) is 0 Å². The Hall–Kier alpha value is -2.08. The molecule has 1 aliphatic rings. The predicted octanol–water partition coefficient (Wildman–Crippen LogP) is 1.60. The Morgan fingerprint density at radius 3 is 2.58 bits per heavy atom. The minimum atomic E-state index is -0.344. The third kappa shape index (κ3) is 4.71. The lowest BCUT2D eigenvalue weighted by atomic mass is 9.97. The zero-order valence-electron chi connectivity index (χ0n) is 14.6. The molecule has 0 radical (unpaired) electrons. The number of benzene rings is 1. The van der Waals surface area contributed by atoms with Crippen molar-refractivity contribution >= 4 is 11.8 Å². The van der Waals surface area contributed by atoms with Crippen LogP contribution in [-0.2, 0) is 9.59 Å². The highest BCUT2D eigenvalue weighted by molar-refractivity contribution is 5.79. The maximum Gasteiger partial charge on any atom is 0.225 e. The molecular weight excluding hydrogens is 306 g/mol. The molecule has 1 aromatic carbocycles. The van der Waals surface area contributed by atoms with E-state index >= 15 is 0 Å². The number of nitrogens with one attached hydrogen (secondary N) is 1. The molecule has 0 aromatic heterocycles. The van der Waals surface area contributed by atoms with Crippen molar-refractivity contribution in [1.29, 1.82) is 0 Å². The molecule has 1 heterocycles. The molecule has 3 N–H and O–H groups in total. The van der Waals surface area contributed by atoms with Gasteiger partial charge in [0.1, 0.15) is 5.75 Å². The van der Waals surface area contributed by atoms with Crippen LogP contribution in [0.5, 0.6) is 5.75 Å². The van der Waals surface area contributed by atoms with Crippen molar-refractivity contribution in [3.8, 4) is 5.75 Å². The summed E-state index contributed by atoms with van der Waals surface area (Å²) in [6.07, 6.45) is 1.88. The monoisotopic (exact) mass is 333 g/mol. The molecule has 6 heteroatoms. The maximum atomic E-state index is 12.7. The van der Waals surface area contributed by atoms with Crippen molar-refractivity contribution in [2.45, 2.75) is 51.2 Å². The Labute approximate surface area is 143 Å². The van der Waals surface area contributed by atoms with E-state index in [4.69, 9.17) is 10.5 Å². The summed E-state index contributed by atoms with van der Waals surface area (Å²) in [6.45, 7) is 4.16.